The van der Waals surface area contributed by atoms with Crippen molar-refractivity contribution in [3.05, 3.63) is 46.6 Å². The zero-order chi connectivity index (χ0) is 20.5. The molecule has 2 rings (SSSR count). The van der Waals surface area contributed by atoms with Crippen LogP contribution in [0.4, 0.5) is 17.2 Å². The predicted octanol–water partition coefficient (Wildman–Crippen LogP) is 2.75. The van der Waals surface area contributed by atoms with Crippen molar-refractivity contribution in [1.29, 1.82) is 0 Å². The van der Waals surface area contributed by atoms with Crippen LogP contribution in [0, 0.1) is 10.1 Å². The number of anilines is 2. The lowest BCUT2D eigenvalue weighted by molar-refractivity contribution is -0.384. The molecule has 0 atom stereocenters. The van der Waals surface area contributed by atoms with Crippen molar-refractivity contribution in [3.63, 3.8) is 0 Å². The van der Waals surface area contributed by atoms with Gasteiger partial charge in [0.15, 0.2) is 6.61 Å². The molecule has 0 aliphatic heterocycles. The Kier molecular flexibility index (Phi) is 7.49. The Bertz CT molecular complexity index is 833. The van der Waals surface area contributed by atoms with Gasteiger partial charge in [-0.25, -0.2) is 4.68 Å². The van der Waals surface area contributed by atoms with E-state index in [1.807, 2.05) is 13.8 Å². The third kappa shape index (κ3) is 6.08. The number of rotatable bonds is 10. The highest BCUT2D eigenvalue weighted by Crippen LogP contribution is 2.23. The smallest absolute Gasteiger partial charge is 0.306 e. The molecule has 0 aliphatic rings. The minimum Gasteiger partial charge on any atom is -0.456 e. The highest BCUT2D eigenvalue weighted by molar-refractivity contribution is 5.92. The molecule has 10 heteroatoms. The molecule has 150 valence electrons. The van der Waals surface area contributed by atoms with Gasteiger partial charge in [-0.15, -0.1) is 0 Å². The van der Waals surface area contributed by atoms with E-state index in [2.05, 4.69) is 15.7 Å². The van der Waals surface area contributed by atoms with E-state index in [4.69, 9.17) is 4.74 Å². The summed E-state index contributed by atoms with van der Waals surface area (Å²) in [6, 6.07) is 8.02. The SMILES string of the molecule is CC(C)n1nccc1NC(=O)COC(=O)CCCNc1ccccc1[N+](=O)[O-]. The van der Waals surface area contributed by atoms with Gasteiger partial charge >= 0.3 is 5.97 Å². The molecule has 2 aromatic rings. The van der Waals surface area contributed by atoms with Gasteiger partial charge in [0.1, 0.15) is 11.5 Å². The Balaban J connectivity index is 1.68. The summed E-state index contributed by atoms with van der Waals surface area (Å²) in [6.45, 7) is 3.83. The van der Waals surface area contributed by atoms with Gasteiger partial charge in [0.2, 0.25) is 0 Å². The van der Waals surface area contributed by atoms with Gasteiger partial charge in [0.05, 0.1) is 11.1 Å². The van der Waals surface area contributed by atoms with Crippen LogP contribution in [-0.4, -0.2) is 39.7 Å². The predicted molar refractivity (Wildman–Crippen MR) is 103 cm³/mol. The second-order valence-electron chi connectivity index (χ2n) is 6.27. The number of carbonyl (C=O) groups excluding carboxylic acids is 2. The summed E-state index contributed by atoms with van der Waals surface area (Å²) in [5.74, 6) is -0.435. The number of ether oxygens (including phenoxy) is 1. The summed E-state index contributed by atoms with van der Waals surface area (Å²) in [5.41, 5.74) is 0.365. The highest BCUT2D eigenvalue weighted by atomic mass is 16.6. The maximum Gasteiger partial charge on any atom is 0.306 e. The highest BCUT2D eigenvalue weighted by Gasteiger charge is 2.13. The number of esters is 1. The van der Waals surface area contributed by atoms with Crippen molar-refractivity contribution < 1.29 is 19.2 Å². The fraction of sp³-hybridized carbons (Fsp3) is 0.389. The van der Waals surface area contributed by atoms with Crippen LogP contribution < -0.4 is 10.6 Å². The van der Waals surface area contributed by atoms with Crippen LogP contribution in [0.1, 0.15) is 32.7 Å². The number of hydrogen-bond acceptors (Lipinski definition) is 7. The molecule has 0 unspecified atom stereocenters. The van der Waals surface area contributed by atoms with Crippen molar-refractivity contribution in [1.82, 2.24) is 9.78 Å². The first-order valence-electron chi connectivity index (χ1n) is 8.84. The normalized spacial score (nSPS) is 10.5. The van der Waals surface area contributed by atoms with Gasteiger partial charge in [-0.2, -0.15) is 5.10 Å². The van der Waals surface area contributed by atoms with Crippen LogP contribution in [0.5, 0.6) is 0 Å². The minimum atomic E-state index is -0.517. The number of benzene rings is 1. The van der Waals surface area contributed by atoms with E-state index >= 15 is 0 Å². The van der Waals surface area contributed by atoms with Crippen molar-refractivity contribution in [2.75, 3.05) is 23.8 Å². The molecule has 0 saturated carbocycles. The molecule has 0 fully saturated rings. The summed E-state index contributed by atoms with van der Waals surface area (Å²) in [6.07, 6.45) is 2.07. The van der Waals surface area contributed by atoms with Crippen molar-refractivity contribution in [2.45, 2.75) is 32.7 Å². The molecule has 0 spiro atoms. The van der Waals surface area contributed by atoms with Gasteiger partial charge in [0.25, 0.3) is 11.6 Å². The van der Waals surface area contributed by atoms with E-state index in [0.717, 1.165) is 0 Å². The lowest BCUT2D eigenvalue weighted by Gasteiger charge is -2.12. The third-order valence-corrected chi connectivity index (χ3v) is 3.77. The molecule has 1 aromatic heterocycles. The quantitative estimate of drug-likeness (QED) is 0.277. The van der Waals surface area contributed by atoms with Gasteiger partial charge in [-0.1, -0.05) is 12.1 Å². The first-order chi connectivity index (χ1) is 13.4. The van der Waals surface area contributed by atoms with Crippen LogP contribution in [0.3, 0.4) is 0 Å². The molecule has 28 heavy (non-hydrogen) atoms. The molecule has 0 bridgehead atoms. The van der Waals surface area contributed by atoms with Crippen LogP contribution in [0.25, 0.3) is 0 Å². The Morgan fingerprint density at radius 1 is 1.29 bits per heavy atom. The number of nitro benzene ring substituents is 1. The van der Waals surface area contributed by atoms with Crippen LogP contribution >= 0.6 is 0 Å². The second kappa shape index (κ2) is 10.0. The average molecular weight is 389 g/mol. The summed E-state index contributed by atoms with van der Waals surface area (Å²) < 4.78 is 6.60. The molecular formula is C18H23N5O5. The lowest BCUT2D eigenvalue weighted by atomic mass is 10.2. The Labute approximate surface area is 162 Å². The standard InChI is InChI=1S/C18H23N5O5/c1-13(2)22-16(9-11-20-22)21-17(24)12-28-18(25)8-5-10-19-14-6-3-4-7-15(14)23(26)27/h3-4,6-7,9,11,13,19H,5,8,10,12H2,1-2H3,(H,21,24). The zero-order valence-electron chi connectivity index (χ0n) is 15.8. The molecule has 1 aromatic carbocycles. The van der Waals surface area contributed by atoms with Crippen molar-refractivity contribution in [2.24, 2.45) is 0 Å². The van der Waals surface area contributed by atoms with Gasteiger partial charge in [-0.05, 0) is 26.3 Å². The molecule has 1 heterocycles. The Morgan fingerprint density at radius 3 is 2.75 bits per heavy atom. The molecule has 0 radical (unpaired) electrons. The second-order valence-corrected chi connectivity index (χ2v) is 6.27. The van der Waals surface area contributed by atoms with E-state index < -0.39 is 16.8 Å². The van der Waals surface area contributed by atoms with Gasteiger partial charge < -0.3 is 15.4 Å². The van der Waals surface area contributed by atoms with E-state index in [1.165, 1.54) is 6.07 Å². The molecular weight excluding hydrogens is 366 g/mol. The van der Waals surface area contributed by atoms with E-state index in [0.29, 0.717) is 24.5 Å². The summed E-state index contributed by atoms with van der Waals surface area (Å²) in [7, 11) is 0. The lowest BCUT2D eigenvalue weighted by Crippen LogP contribution is -2.23. The number of hydrogen-bond donors (Lipinski definition) is 2. The monoisotopic (exact) mass is 389 g/mol. The fourth-order valence-electron chi connectivity index (χ4n) is 2.46. The average Bonchev–Trinajstić information content (AvgIpc) is 3.12. The number of nitrogens with zero attached hydrogens (tertiary/aromatic N) is 3. The van der Waals surface area contributed by atoms with E-state index in [9.17, 15) is 19.7 Å². The minimum absolute atomic E-state index is 0.0256. The first kappa shape index (κ1) is 20.9. The molecule has 1 amide bonds. The molecule has 10 nitrogen and oxygen atoms in total. The molecule has 0 aliphatic carbocycles. The fourth-order valence-corrected chi connectivity index (χ4v) is 2.46. The molecule has 2 N–H and O–H groups in total. The zero-order valence-corrected chi connectivity index (χ0v) is 15.8. The maximum absolute atomic E-state index is 11.9. The number of aromatic nitrogens is 2. The summed E-state index contributed by atoms with van der Waals surface area (Å²) in [5, 5.41) is 20.6. The van der Waals surface area contributed by atoms with Crippen molar-refractivity contribution in [3.8, 4) is 0 Å². The van der Waals surface area contributed by atoms with E-state index in [-0.39, 0.29) is 24.8 Å². The van der Waals surface area contributed by atoms with Crippen molar-refractivity contribution >= 4 is 29.1 Å². The number of nitrogens with one attached hydrogen (secondary N) is 2. The summed E-state index contributed by atoms with van der Waals surface area (Å²) in [4.78, 5) is 34.1. The number of carbonyl (C=O) groups is 2. The largest absolute Gasteiger partial charge is 0.456 e. The van der Waals surface area contributed by atoms with Crippen LogP contribution in [-0.2, 0) is 14.3 Å². The van der Waals surface area contributed by atoms with E-state index in [1.54, 1.807) is 35.1 Å². The maximum atomic E-state index is 11.9. The Hall–Kier alpha value is -3.43. The topological polar surface area (TPSA) is 128 Å². The number of para-hydroxylation sites is 2. The van der Waals surface area contributed by atoms with Crippen LogP contribution in [0.2, 0.25) is 0 Å². The van der Waals surface area contributed by atoms with Gasteiger partial charge in [0, 0.05) is 31.1 Å². The Morgan fingerprint density at radius 2 is 2.04 bits per heavy atom. The third-order valence-electron chi connectivity index (χ3n) is 3.77. The van der Waals surface area contributed by atoms with Crippen LogP contribution in [0.15, 0.2) is 36.5 Å². The number of nitro groups is 1. The first-order valence-corrected chi connectivity index (χ1v) is 8.84. The van der Waals surface area contributed by atoms with Gasteiger partial charge in [-0.3, -0.25) is 19.7 Å². The molecule has 0 saturated heterocycles. The summed E-state index contributed by atoms with van der Waals surface area (Å²) >= 11 is 0. The number of amides is 1.